The fraction of sp³-hybridized carbons (Fsp3) is 0.417. The second-order valence-electron chi connectivity index (χ2n) is 4.30. The van der Waals surface area contributed by atoms with E-state index in [1.165, 1.54) is 12.1 Å². The van der Waals surface area contributed by atoms with E-state index in [1.807, 2.05) is 0 Å². The van der Waals surface area contributed by atoms with E-state index in [0.29, 0.717) is 0 Å². The Bertz CT molecular complexity index is 478. The van der Waals surface area contributed by atoms with Crippen LogP contribution in [0.3, 0.4) is 0 Å². The Balaban J connectivity index is 2.16. The highest BCUT2D eigenvalue weighted by Crippen LogP contribution is 2.26. The van der Waals surface area contributed by atoms with Crippen LogP contribution in [-0.4, -0.2) is 21.7 Å². The lowest BCUT2D eigenvalue weighted by molar-refractivity contribution is -0.385. The maximum atomic E-state index is 12.0. The van der Waals surface area contributed by atoms with Crippen LogP contribution in [0.2, 0.25) is 0 Å². The molecule has 1 N–H and O–H groups in total. The van der Waals surface area contributed by atoms with Crippen molar-refractivity contribution in [2.24, 2.45) is 0 Å². The summed E-state index contributed by atoms with van der Waals surface area (Å²) in [6.07, 6.45) is 2.97. The zero-order valence-corrected chi connectivity index (χ0v) is 11.2. The van der Waals surface area contributed by atoms with Gasteiger partial charge in [-0.1, -0.05) is 34.5 Å². The van der Waals surface area contributed by atoms with Crippen molar-refractivity contribution < 1.29 is 9.72 Å². The first kappa shape index (κ1) is 13.0. The number of para-hydroxylation sites is 1. The summed E-state index contributed by atoms with van der Waals surface area (Å²) in [6.45, 7) is 0. The van der Waals surface area contributed by atoms with Crippen LogP contribution in [0, 0.1) is 10.1 Å². The maximum Gasteiger partial charge on any atom is 0.282 e. The smallest absolute Gasteiger partial charge is 0.282 e. The van der Waals surface area contributed by atoms with Crippen LogP contribution < -0.4 is 5.32 Å². The molecule has 1 aliphatic carbocycles. The number of carbonyl (C=O) groups excluding carboxylic acids is 1. The number of nitrogens with one attached hydrogen (secondary N) is 1. The first-order valence-corrected chi connectivity index (χ1v) is 6.69. The Kier molecular flexibility index (Phi) is 3.96. The van der Waals surface area contributed by atoms with Gasteiger partial charge in [-0.2, -0.15) is 0 Å². The molecule has 1 saturated carbocycles. The minimum atomic E-state index is -0.533. The molecule has 6 heteroatoms. The number of halogens is 1. The molecule has 2 unspecified atom stereocenters. The predicted molar refractivity (Wildman–Crippen MR) is 70.9 cm³/mol. The molecule has 18 heavy (non-hydrogen) atoms. The number of carbonyl (C=O) groups is 1. The summed E-state index contributed by atoms with van der Waals surface area (Å²) in [5.41, 5.74) is -0.0341. The van der Waals surface area contributed by atoms with Gasteiger partial charge in [-0.3, -0.25) is 14.9 Å². The highest BCUT2D eigenvalue weighted by atomic mass is 79.9. The van der Waals surface area contributed by atoms with Crippen molar-refractivity contribution in [3.8, 4) is 0 Å². The van der Waals surface area contributed by atoms with Gasteiger partial charge in [0.2, 0.25) is 0 Å². The third kappa shape index (κ3) is 2.69. The van der Waals surface area contributed by atoms with Crippen molar-refractivity contribution in [2.75, 3.05) is 0 Å². The number of alkyl halides is 1. The molecule has 0 saturated heterocycles. The van der Waals surface area contributed by atoms with Gasteiger partial charge in [-0.25, -0.2) is 0 Å². The molecule has 0 spiro atoms. The highest BCUT2D eigenvalue weighted by Gasteiger charge is 2.28. The van der Waals surface area contributed by atoms with E-state index in [2.05, 4.69) is 21.2 Å². The second-order valence-corrected chi connectivity index (χ2v) is 5.48. The van der Waals surface area contributed by atoms with E-state index in [4.69, 9.17) is 0 Å². The number of nitro benzene ring substituents is 1. The predicted octanol–water partition coefficient (Wildman–Crippen LogP) is 2.64. The van der Waals surface area contributed by atoms with Gasteiger partial charge in [0, 0.05) is 16.9 Å². The molecule has 1 amide bonds. The minimum absolute atomic E-state index is 0.0531. The molecule has 1 aliphatic rings. The molecule has 0 heterocycles. The minimum Gasteiger partial charge on any atom is -0.348 e. The number of hydrogen-bond acceptors (Lipinski definition) is 3. The van der Waals surface area contributed by atoms with E-state index in [9.17, 15) is 14.9 Å². The van der Waals surface area contributed by atoms with Crippen LogP contribution in [0.15, 0.2) is 24.3 Å². The molecule has 0 radical (unpaired) electrons. The fourth-order valence-corrected chi connectivity index (χ4v) is 2.87. The standard InChI is InChI=1S/C12H13BrN2O3/c13-9-5-3-6-10(9)14-12(16)8-4-1-2-7-11(8)15(17)18/h1-2,4,7,9-10H,3,5-6H2,(H,14,16). The van der Waals surface area contributed by atoms with Crippen LogP contribution in [-0.2, 0) is 0 Å². The fourth-order valence-electron chi connectivity index (χ4n) is 2.15. The van der Waals surface area contributed by atoms with Crippen molar-refractivity contribution in [1.82, 2.24) is 5.32 Å². The van der Waals surface area contributed by atoms with Crippen molar-refractivity contribution >= 4 is 27.5 Å². The van der Waals surface area contributed by atoms with Gasteiger partial charge in [-0.15, -0.1) is 0 Å². The summed E-state index contributed by atoms with van der Waals surface area (Å²) in [6, 6.07) is 6.05. The molecule has 2 atom stereocenters. The number of nitro groups is 1. The normalized spacial score (nSPS) is 22.7. The van der Waals surface area contributed by atoms with Crippen LogP contribution in [0.5, 0.6) is 0 Å². The number of benzene rings is 1. The Morgan fingerprint density at radius 2 is 2.11 bits per heavy atom. The number of amides is 1. The molecule has 0 aromatic heterocycles. The number of rotatable bonds is 3. The highest BCUT2D eigenvalue weighted by molar-refractivity contribution is 9.09. The van der Waals surface area contributed by atoms with Crippen molar-refractivity contribution in [2.45, 2.75) is 30.1 Å². The third-order valence-electron chi connectivity index (χ3n) is 3.09. The summed E-state index contributed by atoms with van der Waals surface area (Å²) in [5.74, 6) is -0.376. The summed E-state index contributed by atoms with van der Waals surface area (Å²) in [7, 11) is 0. The van der Waals surface area contributed by atoms with Crippen LogP contribution >= 0.6 is 15.9 Å². The van der Waals surface area contributed by atoms with Crippen LogP contribution in [0.4, 0.5) is 5.69 Å². The van der Waals surface area contributed by atoms with Gasteiger partial charge in [0.05, 0.1) is 4.92 Å². The van der Waals surface area contributed by atoms with Crippen molar-refractivity contribution in [3.63, 3.8) is 0 Å². The number of hydrogen-bond donors (Lipinski definition) is 1. The van der Waals surface area contributed by atoms with E-state index in [1.54, 1.807) is 12.1 Å². The van der Waals surface area contributed by atoms with Crippen LogP contribution in [0.25, 0.3) is 0 Å². The van der Waals surface area contributed by atoms with Crippen molar-refractivity contribution in [3.05, 3.63) is 39.9 Å². The zero-order chi connectivity index (χ0) is 13.1. The maximum absolute atomic E-state index is 12.0. The van der Waals surface area contributed by atoms with Crippen molar-refractivity contribution in [1.29, 1.82) is 0 Å². The number of nitrogens with zero attached hydrogens (tertiary/aromatic N) is 1. The lowest BCUT2D eigenvalue weighted by Gasteiger charge is -2.15. The molecule has 0 bridgehead atoms. The molecule has 1 aromatic carbocycles. The van der Waals surface area contributed by atoms with E-state index in [-0.39, 0.29) is 28.0 Å². The van der Waals surface area contributed by atoms with Gasteiger partial charge in [0.1, 0.15) is 5.56 Å². The van der Waals surface area contributed by atoms with Gasteiger partial charge in [0.25, 0.3) is 11.6 Å². The van der Waals surface area contributed by atoms with E-state index < -0.39 is 4.92 Å². The van der Waals surface area contributed by atoms with Gasteiger partial charge in [0.15, 0.2) is 0 Å². The first-order chi connectivity index (χ1) is 8.59. The lowest BCUT2D eigenvalue weighted by Crippen LogP contribution is -2.37. The Hall–Kier alpha value is -1.43. The van der Waals surface area contributed by atoms with Gasteiger partial charge < -0.3 is 5.32 Å². The molecule has 1 fully saturated rings. The summed E-state index contributed by atoms with van der Waals surface area (Å²) < 4.78 is 0. The molecule has 0 aliphatic heterocycles. The summed E-state index contributed by atoms with van der Waals surface area (Å²) in [5, 5.41) is 13.7. The summed E-state index contributed by atoms with van der Waals surface area (Å²) >= 11 is 3.50. The Morgan fingerprint density at radius 3 is 2.72 bits per heavy atom. The van der Waals surface area contributed by atoms with Gasteiger partial charge >= 0.3 is 0 Å². The molecular weight excluding hydrogens is 300 g/mol. The average Bonchev–Trinajstić information content (AvgIpc) is 2.75. The molecular formula is C12H13BrN2O3. The molecule has 96 valence electrons. The second kappa shape index (κ2) is 5.48. The van der Waals surface area contributed by atoms with Gasteiger partial charge in [-0.05, 0) is 18.9 Å². The zero-order valence-electron chi connectivity index (χ0n) is 9.64. The third-order valence-corrected chi connectivity index (χ3v) is 4.19. The molecule has 2 rings (SSSR count). The summed E-state index contributed by atoms with van der Waals surface area (Å²) in [4.78, 5) is 22.6. The lowest BCUT2D eigenvalue weighted by atomic mass is 10.1. The van der Waals surface area contributed by atoms with E-state index >= 15 is 0 Å². The topological polar surface area (TPSA) is 72.2 Å². The van der Waals surface area contributed by atoms with E-state index in [0.717, 1.165) is 19.3 Å². The van der Waals surface area contributed by atoms with Crippen LogP contribution in [0.1, 0.15) is 29.6 Å². The largest absolute Gasteiger partial charge is 0.348 e. The Labute approximate surface area is 113 Å². The molecule has 1 aromatic rings. The quantitative estimate of drug-likeness (QED) is 0.530. The first-order valence-electron chi connectivity index (χ1n) is 5.78. The monoisotopic (exact) mass is 312 g/mol. The SMILES string of the molecule is O=C(NC1CCCC1Br)c1ccccc1[N+](=O)[O-]. The average molecular weight is 313 g/mol. The molecule has 5 nitrogen and oxygen atoms in total. The Morgan fingerprint density at radius 1 is 1.39 bits per heavy atom.